The smallest absolute Gasteiger partial charge is 0.355 e. The number of amides is 2. The van der Waals surface area contributed by atoms with Crippen molar-refractivity contribution in [1.29, 1.82) is 0 Å². The van der Waals surface area contributed by atoms with Gasteiger partial charge in [-0.05, 0) is 80.6 Å². The Labute approximate surface area is 278 Å². The largest absolute Gasteiger partial charge is 0.417 e. The maximum atomic E-state index is 14.5. The van der Waals surface area contributed by atoms with Crippen LogP contribution in [0.2, 0.25) is 0 Å². The Morgan fingerprint density at radius 1 is 1.02 bits per heavy atom. The van der Waals surface area contributed by atoms with Gasteiger partial charge >= 0.3 is 6.18 Å². The number of benzene rings is 3. The Kier molecular flexibility index (Phi) is 8.97. The number of carbonyl (C=O) groups is 2. The number of anilines is 1. The lowest BCUT2D eigenvalue weighted by molar-refractivity contribution is -0.138. The monoisotopic (exact) mass is 707 g/mol. The summed E-state index contributed by atoms with van der Waals surface area (Å²) in [7, 11) is 1.55. The fourth-order valence-electron chi connectivity index (χ4n) is 6.13. The Hall–Kier alpha value is -4.45. The molecule has 1 aliphatic heterocycles. The minimum atomic E-state index is -4.64. The van der Waals surface area contributed by atoms with Gasteiger partial charge in [0, 0.05) is 46.8 Å². The summed E-state index contributed by atoms with van der Waals surface area (Å²) in [5.41, 5.74) is 1.58. The second-order valence-corrected chi connectivity index (χ2v) is 12.8. The molecule has 1 aromatic heterocycles. The highest BCUT2D eigenvalue weighted by molar-refractivity contribution is 9.10. The maximum Gasteiger partial charge on any atom is 0.417 e. The molecule has 47 heavy (non-hydrogen) atoms. The maximum absolute atomic E-state index is 14.5. The molecular formula is C35H33BrF3N5O3. The third kappa shape index (κ3) is 6.43. The van der Waals surface area contributed by atoms with Gasteiger partial charge in [-0.3, -0.25) is 14.4 Å². The van der Waals surface area contributed by atoms with Crippen LogP contribution in [0.5, 0.6) is 0 Å². The van der Waals surface area contributed by atoms with Crippen molar-refractivity contribution < 1.29 is 22.8 Å². The number of alkyl halides is 3. The minimum absolute atomic E-state index is 0.0325. The molecule has 8 nitrogen and oxygen atoms in total. The summed E-state index contributed by atoms with van der Waals surface area (Å²) in [4.78, 5) is 49.1. The van der Waals surface area contributed by atoms with Crippen molar-refractivity contribution in [2.45, 2.75) is 64.0 Å². The first-order valence-corrected chi connectivity index (χ1v) is 16.2. The number of nitrogens with zero attached hydrogens (tertiary/aromatic N) is 4. The average molecular weight is 709 g/mol. The Morgan fingerprint density at radius 3 is 2.32 bits per heavy atom. The molecule has 0 bridgehead atoms. The van der Waals surface area contributed by atoms with Crippen LogP contribution < -0.4 is 15.8 Å². The number of nitrogens with one attached hydrogen (secondary N) is 1. The van der Waals surface area contributed by atoms with E-state index in [1.54, 1.807) is 42.8 Å². The van der Waals surface area contributed by atoms with Crippen molar-refractivity contribution in [3.8, 4) is 5.69 Å². The van der Waals surface area contributed by atoms with E-state index in [1.807, 2.05) is 30.3 Å². The molecule has 2 aliphatic rings. The highest BCUT2D eigenvalue weighted by atomic mass is 79.9. The van der Waals surface area contributed by atoms with Gasteiger partial charge in [0.1, 0.15) is 0 Å². The summed E-state index contributed by atoms with van der Waals surface area (Å²) in [5.74, 6) is -0.405. The number of carbonyl (C=O) groups excluding carboxylic acids is 2. The Balaban J connectivity index is 1.46. The summed E-state index contributed by atoms with van der Waals surface area (Å²) in [6.07, 6.45) is -1.59. The predicted octanol–water partition coefficient (Wildman–Crippen LogP) is 6.52. The van der Waals surface area contributed by atoms with E-state index in [1.165, 1.54) is 17.0 Å². The van der Waals surface area contributed by atoms with Crippen LogP contribution in [0, 0.1) is 0 Å². The van der Waals surface area contributed by atoms with E-state index in [-0.39, 0.29) is 40.5 Å². The Bertz CT molecular complexity index is 1870. The lowest BCUT2D eigenvalue weighted by atomic mass is 9.91. The van der Waals surface area contributed by atoms with Gasteiger partial charge in [-0.25, -0.2) is 9.55 Å². The van der Waals surface area contributed by atoms with Crippen LogP contribution in [0.25, 0.3) is 5.69 Å². The molecule has 1 aliphatic carbocycles. The quantitative estimate of drug-likeness (QED) is 0.237. The Morgan fingerprint density at radius 2 is 1.70 bits per heavy atom. The van der Waals surface area contributed by atoms with Crippen molar-refractivity contribution in [3.63, 3.8) is 0 Å². The van der Waals surface area contributed by atoms with Gasteiger partial charge < -0.3 is 15.1 Å². The van der Waals surface area contributed by atoms with Gasteiger partial charge in [-0.1, -0.05) is 46.3 Å². The molecular weight excluding hydrogens is 675 g/mol. The van der Waals surface area contributed by atoms with Gasteiger partial charge in [0.2, 0.25) is 5.95 Å². The molecule has 12 heteroatoms. The van der Waals surface area contributed by atoms with E-state index in [4.69, 9.17) is 4.98 Å². The zero-order chi connectivity index (χ0) is 33.5. The summed E-state index contributed by atoms with van der Waals surface area (Å²) >= 11 is 2.94. The van der Waals surface area contributed by atoms with Crippen LogP contribution in [0.15, 0.2) is 82.1 Å². The van der Waals surface area contributed by atoms with Gasteiger partial charge in [-0.15, -0.1) is 0 Å². The van der Waals surface area contributed by atoms with Gasteiger partial charge in [0.25, 0.3) is 17.4 Å². The normalized spacial score (nSPS) is 16.3. The minimum Gasteiger partial charge on any atom is -0.355 e. The molecule has 1 atom stereocenters. The van der Waals surface area contributed by atoms with Gasteiger partial charge in [0.05, 0.1) is 23.5 Å². The number of hydrogen-bond acceptors (Lipinski definition) is 5. The van der Waals surface area contributed by atoms with E-state index in [0.29, 0.717) is 35.0 Å². The fourth-order valence-corrected chi connectivity index (χ4v) is 6.60. The number of halogens is 4. The lowest BCUT2D eigenvalue weighted by Gasteiger charge is -2.40. The van der Waals surface area contributed by atoms with Crippen molar-refractivity contribution in [1.82, 2.24) is 19.8 Å². The van der Waals surface area contributed by atoms with Crippen molar-refractivity contribution in [2.75, 3.05) is 11.9 Å². The first-order chi connectivity index (χ1) is 22.5. The van der Waals surface area contributed by atoms with Crippen molar-refractivity contribution in [2.24, 2.45) is 0 Å². The lowest BCUT2D eigenvalue weighted by Crippen LogP contribution is -2.48. The third-order valence-electron chi connectivity index (χ3n) is 8.96. The summed E-state index contributed by atoms with van der Waals surface area (Å²) in [6.45, 7) is 2.23. The molecule has 244 valence electrons. The topological polar surface area (TPSA) is 87.5 Å². The number of fused-ring (bicyclic) bond motifs is 1. The van der Waals surface area contributed by atoms with Crippen molar-refractivity contribution >= 4 is 33.7 Å². The molecule has 1 saturated carbocycles. The molecule has 2 amide bonds. The van der Waals surface area contributed by atoms with E-state index >= 15 is 0 Å². The van der Waals surface area contributed by atoms with Crippen LogP contribution in [-0.2, 0) is 25.7 Å². The first kappa shape index (κ1) is 32.5. The molecule has 1 N–H and O–H groups in total. The molecule has 2 heterocycles. The molecule has 6 rings (SSSR count). The zero-order valence-corrected chi connectivity index (χ0v) is 27.4. The molecule has 0 unspecified atom stereocenters. The first-order valence-electron chi connectivity index (χ1n) is 15.4. The predicted molar refractivity (Wildman–Crippen MR) is 176 cm³/mol. The van der Waals surface area contributed by atoms with Crippen LogP contribution in [0.3, 0.4) is 0 Å². The van der Waals surface area contributed by atoms with E-state index in [2.05, 4.69) is 26.1 Å². The number of rotatable bonds is 7. The zero-order valence-electron chi connectivity index (χ0n) is 25.9. The fraction of sp³-hybridized carbons (Fsp3) is 0.314. The second kappa shape index (κ2) is 13.0. The number of hydrogen-bond donors (Lipinski definition) is 1. The van der Waals surface area contributed by atoms with E-state index in [9.17, 15) is 27.6 Å². The van der Waals surface area contributed by atoms with E-state index in [0.717, 1.165) is 30.9 Å². The molecule has 0 radical (unpaired) electrons. The van der Waals surface area contributed by atoms with Crippen LogP contribution in [-0.4, -0.2) is 45.4 Å². The van der Waals surface area contributed by atoms with Gasteiger partial charge in [-0.2, -0.15) is 13.2 Å². The highest BCUT2D eigenvalue weighted by Crippen LogP contribution is 2.37. The van der Waals surface area contributed by atoms with E-state index < -0.39 is 23.7 Å². The second-order valence-electron chi connectivity index (χ2n) is 12.0. The highest BCUT2D eigenvalue weighted by Gasteiger charge is 2.37. The van der Waals surface area contributed by atoms with Gasteiger partial charge in [0.15, 0.2) is 0 Å². The summed E-state index contributed by atoms with van der Waals surface area (Å²) < 4.78 is 42.4. The number of aromatic nitrogens is 2. The molecule has 0 saturated heterocycles. The standard InChI is InChI=1S/C35H33BrF3N5O3/c1-21-17-27-30(20-42(21)32(46)24-13-16-29(36)28(18-24)35(37,38)39)41-34(43(25-9-6-10-25)19-22-7-4-3-5-8-22)44(33(27)47)26-14-11-23(12-15-26)31(45)40-2/h3-5,7-8,11-16,18,21,25H,6,9-10,17,19-20H2,1-2H3,(H,40,45)/t21-/m1/s1. The van der Waals surface area contributed by atoms with Crippen molar-refractivity contribution in [3.05, 3.63) is 121 Å². The SMILES string of the molecule is CNC(=O)c1ccc(-n2c(N(Cc3ccccc3)C3CCC3)nc3c(c2=O)C[C@@H](C)N(C(=O)c2ccc(Br)c(C(F)(F)F)c2)C3)cc1. The third-order valence-corrected chi connectivity index (χ3v) is 9.65. The molecule has 1 fully saturated rings. The summed E-state index contributed by atoms with van der Waals surface area (Å²) in [5, 5.41) is 2.60. The van der Waals surface area contributed by atoms with Crippen LogP contribution in [0.1, 0.15) is 69.3 Å². The molecule has 3 aromatic carbocycles. The summed E-state index contributed by atoms with van der Waals surface area (Å²) in [6, 6.07) is 19.7. The van der Waals surface area contributed by atoms with Crippen LogP contribution >= 0.6 is 15.9 Å². The molecule has 0 spiro atoms. The average Bonchev–Trinajstić information content (AvgIpc) is 3.03. The van der Waals surface area contributed by atoms with Crippen LogP contribution in [0.4, 0.5) is 19.1 Å². The molecule has 4 aromatic rings.